The van der Waals surface area contributed by atoms with Crippen LogP contribution in [0.3, 0.4) is 0 Å². The van der Waals surface area contributed by atoms with Crippen LogP contribution in [0, 0.1) is 11.3 Å². The lowest BCUT2D eigenvalue weighted by Crippen LogP contribution is -2.23. The van der Waals surface area contributed by atoms with E-state index in [4.69, 9.17) is 5.41 Å². The van der Waals surface area contributed by atoms with E-state index in [1.165, 1.54) is 0 Å². The predicted molar refractivity (Wildman–Crippen MR) is 54.0 cm³/mol. The molecule has 0 bridgehead atoms. The van der Waals surface area contributed by atoms with E-state index < -0.39 is 12.2 Å². The van der Waals surface area contributed by atoms with Gasteiger partial charge in [-0.3, -0.25) is 0 Å². The zero-order chi connectivity index (χ0) is 10.4. The molecule has 0 aromatic heterocycles. The van der Waals surface area contributed by atoms with Gasteiger partial charge in [0.1, 0.15) is 0 Å². The summed E-state index contributed by atoms with van der Waals surface area (Å²) in [5, 5.41) is 25.4. The molecule has 0 radical (unpaired) electrons. The Morgan fingerprint density at radius 3 is 2.38 bits per heavy atom. The van der Waals surface area contributed by atoms with Gasteiger partial charge in [-0.05, 0) is 32.6 Å². The van der Waals surface area contributed by atoms with E-state index in [1.807, 2.05) is 6.92 Å². The van der Waals surface area contributed by atoms with Crippen LogP contribution in [0.4, 0.5) is 0 Å². The van der Waals surface area contributed by atoms with Crippen LogP contribution >= 0.6 is 0 Å². The van der Waals surface area contributed by atoms with Crippen LogP contribution in [0.25, 0.3) is 0 Å². The number of aliphatic hydroxyl groups excluding tert-OH is 2. The number of allylic oxidation sites excluding steroid dienone is 1. The van der Waals surface area contributed by atoms with Crippen molar-refractivity contribution in [1.29, 1.82) is 5.41 Å². The van der Waals surface area contributed by atoms with Crippen molar-refractivity contribution in [2.75, 3.05) is 0 Å². The van der Waals surface area contributed by atoms with Crippen molar-refractivity contribution < 1.29 is 10.2 Å². The van der Waals surface area contributed by atoms with E-state index in [0.717, 1.165) is 11.8 Å². The molecule has 0 saturated carbocycles. The monoisotopic (exact) mass is 185 g/mol. The molecule has 2 unspecified atom stereocenters. The van der Waals surface area contributed by atoms with E-state index in [-0.39, 0.29) is 5.92 Å². The van der Waals surface area contributed by atoms with Crippen molar-refractivity contribution in [3.8, 4) is 0 Å². The summed E-state index contributed by atoms with van der Waals surface area (Å²) in [7, 11) is 0. The first-order valence-corrected chi connectivity index (χ1v) is 4.48. The fourth-order valence-electron chi connectivity index (χ4n) is 1.28. The second kappa shape index (κ2) is 5.89. The normalized spacial score (nSPS) is 17.5. The van der Waals surface area contributed by atoms with Crippen LogP contribution in [-0.2, 0) is 0 Å². The third kappa shape index (κ3) is 5.55. The SMILES string of the molecule is C=C(C)CC(C[C@H](O)C=N)C(C)O. The second-order valence-corrected chi connectivity index (χ2v) is 3.63. The van der Waals surface area contributed by atoms with E-state index in [0.29, 0.717) is 12.8 Å². The van der Waals surface area contributed by atoms with E-state index in [9.17, 15) is 10.2 Å². The van der Waals surface area contributed by atoms with Gasteiger partial charge in [-0.2, -0.15) is 0 Å². The Hall–Kier alpha value is -0.670. The van der Waals surface area contributed by atoms with Crippen molar-refractivity contribution >= 4 is 6.21 Å². The van der Waals surface area contributed by atoms with E-state index in [2.05, 4.69) is 6.58 Å². The lowest BCUT2D eigenvalue weighted by Gasteiger charge is -2.21. The number of hydrogen-bond donors (Lipinski definition) is 3. The number of hydrogen-bond acceptors (Lipinski definition) is 3. The van der Waals surface area contributed by atoms with Gasteiger partial charge in [0, 0.05) is 6.21 Å². The summed E-state index contributed by atoms with van der Waals surface area (Å²) < 4.78 is 0. The van der Waals surface area contributed by atoms with Crippen molar-refractivity contribution in [1.82, 2.24) is 0 Å². The molecule has 0 amide bonds. The third-order valence-electron chi connectivity index (χ3n) is 2.03. The summed E-state index contributed by atoms with van der Waals surface area (Å²) in [5.41, 5.74) is 0.989. The highest BCUT2D eigenvalue weighted by Crippen LogP contribution is 2.19. The molecule has 0 fully saturated rings. The molecule has 0 heterocycles. The largest absolute Gasteiger partial charge is 0.393 e. The lowest BCUT2D eigenvalue weighted by atomic mass is 9.90. The molecule has 0 aliphatic heterocycles. The molecule has 3 N–H and O–H groups in total. The standard InChI is InChI=1S/C10H19NO2/c1-7(2)4-9(8(3)12)5-10(13)6-11/h6,8-13H,1,4-5H2,2-3H3/t8?,9?,10-/m0/s1. The zero-order valence-electron chi connectivity index (χ0n) is 8.33. The highest BCUT2D eigenvalue weighted by molar-refractivity contribution is 5.58. The summed E-state index contributed by atoms with van der Waals surface area (Å²) in [6, 6.07) is 0. The van der Waals surface area contributed by atoms with Gasteiger partial charge in [-0.25, -0.2) is 0 Å². The second-order valence-electron chi connectivity index (χ2n) is 3.63. The molecular weight excluding hydrogens is 166 g/mol. The van der Waals surface area contributed by atoms with Gasteiger partial charge in [0.05, 0.1) is 12.2 Å². The molecule has 0 rings (SSSR count). The summed E-state index contributed by atoms with van der Waals surface area (Å²) in [6.07, 6.45) is 0.898. The topological polar surface area (TPSA) is 64.3 Å². The Kier molecular flexibility index (Phi) is 5.58. The molecule has 0 aromatic rings. The van der Waals surface area contributed by atoms with Gasteiger partial charge in [0.25, 0.3) is 0 Å². The maximum atomic E-state index is 9.38. The van der Waals surface area contributed by atoms with Crippen LogP contribution in [0.15, 0.2) is 12.2 Å². The van der Waals surface area contributed by atoms with E-state index >= 15 is 0 Å². The fourth-order valence-corrected chi connectivity index (χ4v) is 1.28. The van der Waals surface area contributed by atoms with Crippen molar-refractivity contribution in [2.45, 2.75) is 38.9 Å². The van der Waals surface area contributed by atoms with Crippen LogP contribution in [0.5, 0.6) is 0 Å². The maximum Gasteiger partial charge on any atom is 0.0887 e. The average Bonchev–Trinajstić information content (AvgIpc) is 2.02. The minimum atomic E-state index is -0.751. The zero-order valence-corrected chi connectivity index (χ0v) is 8.33. The van der Waals surface area contributed by atoms with Gasteiger partial charge in [-0.15, -0.1) is 6.58 Å². The van der Waals surface area contributed by atoms with Crippen LogP contribution < -0.4 is 0 Å². The first-order chi connectivity index (χ1) is 5.97. The van der Waals surface area contributed by atoms with Crippen molar-refractivity contribution in [3.63, 3.8) is 0 Å². The lowest BCUT2D eigenvalue weighted by molar-refractivity contribution is 0.0937. The van der Waals surface area contributed by atoms with Crippen LogP contribution in [-0.4, -0.2) is 28.6 Å². The molecular formula is C10H19NO2. The summed E-state index contributed by atoms with van der Waals surface area (Å²) >= 11 is 0. The molecule has 3 nitrogen and oxygen atoms in total. The van der Waals surface area contributed by atoms with Gasteiger partial charge in [0.15, 0.2) is 0 Å². The smallest absolute Gasteiger partial charge is 0.0887 e. The fraction of sp³-hybridized carbons (Fsp3) is 0.700. The third-order valence-corrected chi connectivity index (χ3v) is 2.03. The summed E-state index contributed by atoms with van der Waals surface area (Å²) in [6.45, 7) is 7.35. The van der Waals surface area contributed by atoms with Crippen molar-refractivity contribution in [2.24, 2.45) is 5.92 Å². The first-order valence-electron chi connectivity index (χ1n) is 4.48. The Balaban J connectivity index is 4.09. The molecule has 0 spiro atoms. The number of rotatable bonds is 6. The molecule has 3 heteroatoms. The predicted octanol–water partition coefficient (Wildman–Crippen LogP) is 1.35. The van der Waals surface area contributed by atoms with Crippen LogP contribution in [0.1, 0.15) is 26.7 Å². The Bertz CT molecular complexity index is 178. The Labute approximate surface area is 79.6 Å². The van der Waals surface area contributed by atoms with Gasteiger partial charge in [-0.1, -0.05) is 5.57 Å². The first kappa shape index (κ1) is 12.3. The van der Waals surface area contributed by atoms with Crippen molar-refractivity contribution in [3.05, 3.63) is 12.2 Å². The molecule has 0 saturated heterocycles. The molecule has 76 valence electrons. The number of aliphatic hydroxyl groups is 2. The minimum Gasteiger partial charge on any atom is -0.393 e. The average molecular weight is 185 g/mol. The Morgan fingerprint density at radius 1 is 1.54 bits per heavy atom. The molecule has 13 heavy (non-hydrogen) atoms. The highest BCUT2D eigenvalue weighted by Gasteiger charge is 2.17. The van der Waals surface area contributed by atoms with Gasteiger partial charge in [0.2, 0.25) is 0 Å². The quantitative estimate of drug-likeness (QED) is 0.432. The summed E-state index contributed by atoms with van der Waals surface area (Å²) in [5.74, 6) is -0.00546. The minimum absolute atomic E-state index is 0.00546. The Morgan fingerprint density at radius 2 is 2.08 bits per heavy atom. The van der Waals surface area contributed by atoms with Crippen LogP contribution in [0.2, 0.25) is 0 Å². The highest BCUT2D eigenvalue weighted by atomic mass is 16.3. The summed E-state index contributed by atoms with van der Waals surface area (Å²) in [4.78, 5) is 0. The van der Waals surface area contributed by atoms with Gasteiger partial charge < -0.3 is 15.6 Å². The molecule has 0 aliphatic rings. The molecule has 0 aliphatic carbocycles. The van der Waals surface area contributed by atoms with E-state index in [1.54, 1.807) is 6.92 Å². The van der Waals surface area contributed by atoms with Gasteiger partial charge >= 0.3 is 0 Å². The molecule has 0 aromatic carbocycles. The maximum absolute atomic E-state index is 9.38. The number of nitrogens with one attached hydrogen (secondary N) is 1. The molecule has 3 atom stereocenters.